The predicted molar refractivity (Wildman–Crippen MR) is 108 cm³/mol. The quantitative estimate of drug-likeness (QED) is 0.714. The summed E-state index contributed by atoms with van der Waals surface area (Å²) in [5.41, 5.74) is 0.927. The highest BCUT2D eigenvalue weighted by molar-refractivity contribution is 5.85. The fraction of sp³-hybridized carbons (Fsp3) is 0.364. The molecule has 7 heteroatoms. The summed E-state index contributed by atoms with van der Waals surface area (Å²) in [5, 5.41) is 5.56. The van der Waals surface area contributed by atoms with Gasteiger partial charge in [0.25, 0.3) is 5.91 Å². The van der Waals surface area contributed by atoms with Gasteiger partial charge in [-0.15, -0.1) is 0 Å². The summed E-state index contributed by atoms with van der Waals surface area (Å²) in [4.78, 5) is 24.3. The van der Waals surface area contributed by atoms with E-state index in [-0.39, 0.29) is 36.9 Å². The van der Waals surface area contributed by atoms with Crippen LogP contribution in [0.3, 0.4) is 0 Å². The van der Waals surface area contributed by atoms with Crippen molar-refractivity contribution in [3.05, 3.63) is 54.1 Å². The van der Waals surface area contributed by atoms with Crippen molar-refractivity contribution < 1.29 is 23.8 Å². The molecule has 0 aromatic heterocycles. The van der Waals surface area contributed by atoms with E-state index in [4.69, 9.17) is 14.2 Å². The molecule has 1 aliphatic rings. The molecule has 0 saturated heterocycles. The Balaban J connectivity index is 1.51. The van der Waals surface area contributed by atoms with Gasteiger partial charge in [0, 0.05) is 0 Å². The largest absolute Gasteiger partial charge is 0.486 e. The Morgan fingerprint density at radius 1 is 1.00 bits per heavy atom. The third-order valence-corrected chi connectivity index (χ3v) is 4.47. The number of ether oxygens (including phenoxy) is 3. The number of para-hydroxylation sites is 1. The minimum Gasteiger partial charge on any atom is -0.486 e. The van der Waals surface area contributed by atoms with Crippen molar-refractivity contribution in [3.63, 3.8) is 0 Å². The van der Waals surface area contributed by atoms with Crippen LogP contribution in [0, 0.1) is 5.92 Å². The van der Waals surface area contributed by atoms with Gasteiger partial charge in [0.05, 0.1) is 12.6 Å². The predicted octanol–water partition coefficient (Wildman–Crippen LogP) is 2.47. The van der Waals surface area contributed by atoms with E-state index in [0.717, 1.165) is 5.56 Å². The van der Waals surface area contributed by atoms with E-state index < -0.39 is 0 Å². The molecule has 3 rings (SSSR count). The van der Waals surface area contributed by atoms with Gasteiger partial charge in [-0.25, -0.2) is 0 Å². The standard InChI is InChI=1S/C22H26N2O5/c1-15(2)22(16-8-9-18-19(12-16)28-11-10-27-18)24-20(25)13-23-21(26)14-29-17-6-4-3-5-7-17/h3-9,12,15,22H,10-11,13-14H2,1-2H3,(H,23,26)(H,24,25)/t22-/m0/s1. The zero-order valence-electron chi connectivity index (χ0n) is 16.6. The lowest BCUT2D eigenvalue weighted by Crippen LogP contribution is -2.41. The number of hydrogen-bond donors (Lipinski definition) is 2. The van der Waals surface area contributed by atoms with E-state index in [9.17, 15) is 9.59 Å². The van der Waals surface area contributed by atoms with E-state index in [1.54, 1.807) is 12.1 Å². The number of benzene rings is 2. The molecule has 0 spiro atoms. The highest BCUT2D eigenvalue weighted by atomic mass is 16.6. The number of amides is 2. The van der Waals surface area contributed by atoms with Crippen LogP contribution in [0.25, 0.3) is 0 Å². The summed E-state index contributed by atoms with van der Waals surface area (Å²) in [5.74, 6) is 1.51. The normalized spacial score (nSPS) is 13.5. The number of hydrogen-bond acceptors (Lipinski definition) is 5. The number of fused-ring (bicyclic) bond motifs is 1. The molecule has 7 nitrogen and oxygen atoms in total. The monoisotopic (exact) mass is 398 g/mol. The summed E-state index contributed by atoms with van der Waals surface area (Å²) in [6.45, 7) is 4.82. The molecule has 2 aromatic rings. The van der Waals surface area contributed by atoms with Crippen LogP contribution in [0.4, 0.5) is 0 Å². The van der Waals surface area contributed by atoms with Gasteiger partial charge in [-0.3, -0.25) is 9.59 Å². The minimum absolute atomic E-state index is 0.120. The minimum atomic E-state index is -0.357. The van der Waals surface area contributed by atoms with Crippen LogP contribution in [0.1, 0.15) is 25.5 Å². The molecule has 0 bridgehead atoms. The first-order valence-electron chi connectivity index (χ1n) is 9.66. The lowest BCUT2D eigenvalue weighted by Gasteiger charge is -2.25. The molecular formula is C22H26N2O5. The van der Waals surface area contributed by atoms with Crippen molar-refractivity contribution >= 4 is 11.8 Å². The molecule has 1 atom stereocenters. The van der Waals surface area contributed by atoms with Crippen molar-refractivity contribution in [2.75, 3.05) is 26.4 Å². The Morgan fingerprint density at radius 2 is 1.72 bits per heavy atom. The maximum atomic E-state index is 12.4. The van der Waals surface area contributed by atoms with Crippen LogP contribution < -0.4 is 24.8 Å². The van der Waals surface area contributed by atoms with Gasteiger partial charge in [-0.2, -0.15) is 0 Å². The first-order chi connectivity index (χ1) is 14.0. The third-order valence-electron chi connectivity index (χ3n) is 4.47. The molecule has 2 aromatic carbocycles. The fourth-order valence-electron chi connectivity index (χ4n) is 3.01. The molecule has 0 aliphatic carbocycles. The zero-order valence-corrected chi connectivity index (χ0v) is 16.6. The van der Waals surface area contributed by atoms with Crippen LogP contribution in [0.15, 0.2) is 48.5 Å². The van der Waals surface area contributed by atoms with Crippen LogP contribution in [0.2, 0.25) is 0 Å². The van der Waals surface area contributed by atoms with Crippen molar-refractivity contribution in [3.8, 4) is 17.2 Å². The molecule has 154 valence electrons. The Hall–Kier alpha value is -3.22. The van der Waals surface area contributed by atoms with Gasteiger partial charge in [0.2, 0.25) is 5.91 Å². The molecule has 29 heavy (non-hydrogen) atoms. The van der Waals surface area contributed by atoms with E-state index >= 15 is 0 Å². The van der Waals surface area contributed by atoms with Crippen molar-refractivity contribution in [2.24, 2.45) is 5.92 Å². The van der Waals surface area contributed by atoms with E-state index in [2.05, 4.69) is 10.6 Å². The maximum Gasteiger partial charge on any atom is 0.258 e. The molecule has 0 saturated carbocycles. The summed E-state index contributed by atoms with van der Waals surface area (Å²) >= 11 is 0. The lowest BCUT2D eigenvalue weighted by atomic mass is 9.95. The second-order valence-corrected chi connectivity index (χ2v) is 7.07. The van der Waals surface area contributed by atoms with Crippen LogP contribution in [0.5, 0.6) is 17.2 Å². The van der Waals surface area contributed by atoms with Crippen LogP contribution in [-0.4, -0.2) is 38.2 Å². The summed E-state index contributed by atoms with van der Waals surface area (Å²) in [6.07, 6.45) is 0. The summed E-state index contributed by atoms with van der Waals surface area (Å²) in [6, 6.07) is 14.5. The number of carbonyl (C=O) groups excluding carboxylic acids is 2. The van der Waals surface area contributed by atoms with Gasteiger partial charge in [0.1, 0.15) is 19.0 Å². The number of nitrogens with one attached hydrogen (secondary N) is 2. The number of rotatable bonds is 8. The smallest absolute Gasteiger partial charge is 0.258 e. The fourth-order valence-corrected chi connectivity index (χ4v) is 3.01. The SMILES string of the molecule is CC(C)[C@H](NC(=O)CNC(=O)COc1ccccc1)c1ccc2c(c1)OCCO2. The highest BCUT2D eigenvalue weighted by Gasteiger charge is 2.21. The van der Waals surface area contributed by atoms with Crippen LogP contribution in [-0.2, 0) is 9.59 Å². The molecule has 0 fully saturated rings. The molecular weight excluding hydrogens is 372 g/mol. The first-order valence-corrected chi connectivity index (χ1v) is 9.66. The first kappa shape index (κ1) is 20.5. The Kier molecular flexibility index (Phi) is 6.94. The Bertz CT molecular complexity index is 838. The van der Waals surface area contributed by atoms with Gasteiger partial charge in [0.15, 0.2) is 18.1 Å². The maximum absolute atomic E-state index is 12.4. The highest BCUT2D eigenvalue weighted by Crippen LogP contribution is 2.34. The van der Waals surface area contributed by atoms with Crippen molar-refractivity contribution in [2.45, 2.75) is 19.9 Å². The molecule has 0 radical (unpaired) electrons. The Labute approximate surface area is 170 Å². The van der Waals surface area contributed by atoms with Gasteiger partial charge in [-0.05, 0) is 35.7 Å². The average Bonchev–Trinajstić information content (AvgIpc) is 2.74. The third kappa shape index (κ3) is 5.88. The molecule has 2 amide bonds. The Morgan fingerprint density at radius 3 is 2.45 bits per heavy atom. The topological polar surface area (TPSA) is 85.9 Å². The molecule has 0 unspecified atom stereocenters. The van der Waals surface area contributed by atoms with Gasteiger partial charge >= 0.3 is 0 Å². The lowest BCUT2D eigenvalue weighted by molar-refractivity contribution is -0.127. The van der Waals surface area contributed by atoms with Crippen LogP contribution >= 0.6 is 0 Å². The average molecular weight is 398 g/mol. The summed E-state index contributed by atoms with van der Waals surface area (Å²) < 4.78 is 16.6. The molecule has 1 aliphatic heterocycles. The van der Waals surface area contributed by atoms with Crippen molar-refractivity contribution in [1.29, 1.82) is 0 Å². The van der Waals surface area contributed by atoms with E-state index in [1.165, 1.54) is 0 Å². The van der Waals surface area contributed by atoms with Gasteiger partial charge < -0.3 is 24.8 Å². The van der Waals surface area contributed by atoms with Crippen molar-refractivity contribution in [1.82, 2.24) is 10.6 Å². The molecule has 2 N–H and O–H groups in total. The second-order valence-electron chi connectivity index (χ2n) is 7.07. The van der Waals surface area contributed by atoms with E-state index in [0.29, 0.717) is 30.5 Å². The van der Waals surface area contributed by atoms with Gasteiger partial charge in [-0.1, -0.05) is 38.1 Å². The van der Waals surface area contributed by atoms with E-state index in [1.807, 2.05) is 50.2 Å². The summed E-state index contributed by atoms with van der Waals surface area (Å²) in [7, 11) is 0. The second kappa shape index (κ2) is 9.82. The number of carbonyl (C=O) groups is 2. The zero-order chi connectivity index (χ0) is 20.6. The molecule has 1 heterocycles.